The molecule has 10 heteroatoms. The lowest BCUT2D eigenvalue weighted by molar-refractivity contribution is 0.177. The molecule has 0 saturated heterocycles. The average Bonchev–Trinajstić information content (AvgIpc) is 3.08. The first-order valence-electron chi connectivity index (χ1n) is 9.91. The molecule has 1 aromatic heterocycles. The summed E-state index contributed by atoms with van der Waals surface area (Å²) < 4.78 is 34.1. The molecule has 3 rings (SSSR count). The van der Waals surface area contributed by atoms with Gasteiger partial charge in [0.2, 0.25) is 0 Å². The van der Waals surface area contributed by atoms with Crippen LogP contribution in [-0.2, 0) is 24.3 Å². The van der Waals surface area contributed by atoms with E-state index in [0.29, 0.717) is 43.6 Å². The highest BCUT2D eigenvalue weighted by Crippen LogP contribution is 2.20. The third-order valence-corrected chi connectivity index (χ3v) is 4.88. The highest BCUT2D eigenvalue weighted by molar-refractivity contribution is 14.0. The van der Waals surface area contributed by atoms with Crippen molar-refractivity contribution in [2.24, 2.45) is 4.99 Å². The second-order valence-corrected chi connectivity index (χ2v) is 7.23. The van der Waals surface area contributed by atoms with E-state index in [1.54, 1.807) is 7.11 Å². The number of aliphatic imine (C=N–C) groups is 1. The van der Waals surface area contributed by atoms with Crippen LogP contribution >= 0.6 is 24.0 Å². The summed E-state index contributed by atoms with van der Waals surface area (Å²) in [5, 5.41) is 11.1. The van der Waals surface area contributed by atoms with Crippen LogP contribution in [0.15, 0.2) is 23.2 Å². The smallest absolute Gasteiger partial charge is 0.191 e. The van der Waals surface area contributed by atoms with Crippen molar-refractivity contribution >= 4 is 29.9 Å². The fourth-order valence-corrected chi connectivity index (χ4v) is 3.41. The number of fused-ring (bicyclic) bond motifs is 1. The van der Waals surface area contributed by atoms with Crippen LogP contribution < -0.4 is 10.6 Å². The van der Waals surface area contributed by atoms with Gasteiger partial charge >= 0.3 is 0 Å². The monoisotopic (exact) mass is 534 g/mol. The summed E-state index contributed by atoms with van der Waals surface area (Å²) in [5.74, 6) is 1.05. The van der Waals surface area contributed by atoms with Crippen molar-refractivity contribution in [1.82, 2.24) is 25.4 Å². The minimum atomic E-state index is -0.574. The summed E-state index contributed by atoms with van der Waals surface area (Å²) >= 11 is 0. The van der Waals surface area contributed by atoms with Crippen molar-refractivity contribution in [2.45, 2.75) is 51.8 Å². The molecule has 0 spiro atoms. The SMILES string of the molecule is CCNC(=NCC(C)c1ccc(F)cc1F)NC1CCc2nc(COC)nn2C1.I. The third-order valence-electron chi connectivity index (χ3n) is 4.88. The summed E-state index contributed by atoms with van der Waals surface area (Å²) in [7, 11) is 1.63. The molecule has 7 nitrogen and oxygen atoms in total. The molecule has 0 radical (unpaired) electrons. The highest BCUT2D eigenvalue weighted by Gasteiger charge is 2.22. The van der Waals surface area contributed by atoms with Crippen molar-refractivity contribution in [1.29, 1.82) is 0 Å². The third kappa shape index (κ3) is 6.34. The van der Waals surface area contributed by atoms with E-state index in [-0.39, 0.29) is 35.9 Å². The second-order valence-electron chi connectivity index (χ2n) is 7.23. The Hall–Kier alpha value is -1.82. The molecule has 0 amide bonds. The molecule has 2 N–H and O–H groups in total. The fraction of sp³-hybridized carbons (Fsp3) is 0.550. The maximum Gasteiger partial charge on any atom is 0.191 e. The average molecular weight is 534 g/mol. The van der Waals surface area contributed by atoms with Crippen LogP contribution in [-0.4, -0.2) is 47.0 Å². The van der Waals surface area contributed by atoms with Crippen molar-refractivity contribution in [2.75, 3.05) is 20.2 Å². The minimum absolute atomic E-state index is 0. The summed E-state index contributed by atoms with van der Waals surface area (Å²) in [6.07, 6.45) is 1.74. The lowest BCUT2D eigenvalue weighted by Gasteiger charge is -2.25. The molecular weight excluding hydrogens is 505 g/mol. The molecule has 166 valence electrons. The predicted octanol–water partition coefficient (Wildman–Crippen LogP) is 2.99. The van der Waals surface area contributed by atoms with E-state index in [0.717, 1.165) is 24.7 Å². The number of methoxy groups -OCH3 is 1. The number of guanidine groups is 1. The van der Waals surface area contributed by atoms with Crippen molar-refractivity contribution < 1.29 is 13.5 Å². The van der Waals surface area contributed by atoms with Gasteiger partial charge in [-0.15, -0.1) is 24.0 Å². The van der Waals surface area contributed by atoms with E-state index in [4.69, 9.17) is 4.74 Å². The number of nitrogens with one attached hydrogen (secondary N) is 2. The maximum absolute atomic E-state index is 14.0. The fourth-order valence-electron chi connectivity index (χ4n) is 3.41. The van der Waals surface area contributed by atoms with E-state index in [1.807, 2.05) is 18.5 Å². The van der Waals surface area contributed by atoms with E-state index in [1.165, 1.54) is 12.1 Å². The summed E-state index contributed by atoms with van der Waals surface area (Å²) in [5.41, 5.74) is 0.460. The Bertz CT molecular complexity index is 860. The van der Waals surface area contributed by atoms with E-state index in [2.05, 4.69) is 25.7 Å². The largest absolute Gasteiger partial charge is 0.377 e. The molecule has 2 unspecified atom stereocenters. The van der Waals surface area contributed by atoms with E-state index >= 15 is 0 Å². The van der Waals surface area contributed by atoms with Gasteiger partial charge < -0.3 is 15.4 Å². The number of nitrogens with zero attached hydrogens (tertiary/aromatic N) is 4. The molecule has 0 bridgehead atoms. The number of benzene rings is 1. The first kappa shape index (κ1) is 24.4. The number of halogens is 3. The quantitative estimate of drug-likeness (QED) is 0.325. The molecule has 2 aromatic rings. The van der Waals surface area contributed by atoms with Gasteiger partial charge in [-0.2, -0.15) is 5.10 Å². The molecule has 30 heavy (non-hydrogen) atoms. The molecule has 1 aliphatic heterocycles. The summed E-state index contributed by atoms with van der Waals surface area (Å²) in [6.45, 7) is 6.07. The van der Waals surface area contributed by atoms with Gasteiger partial charge in [0.15, 0.2) is 11.8 Å². The Morgan fingerprint density at radius 3 is 2.90 bits per heavy atom. The Labute approximate surface area is 192 Å². The van der Waals surface area contributed by atoms with Crippen LogP contribution in [0.3, 0.4) is 0 Å². The van der Waals surface area contributed by atoms with Crippen molar-refractivity contribution in [3.8, 4) is 0 Å². The number of hydrogen-bond acceptors (Lipinski definition) is 4. The normalized spacial score (nSPS) is 17.1. The lowest BCUT2D eigenvalue weighted by Crippen LogP contribution is -2.47. The molecule has 0 aliphatic carbocycles. The number of aryl methyl sites for hydroxylation is 1. The first-order chi connectivity index (χ1) is 14.0. The standard InChI is InChI=1S/C20H28F2N6O.HI/c1-4-23-20(24-10-13(2)16-7-5-14(21)9-17(16)22)25-15-6-8-19-26-18(12-29-3)27-28(19)11-15;/h5,7,9,13,15H,4,6,8,10-12H2,1-3H3,(H2,23,24,25);1H. The van der Waals surface area contributed by atoms with Gasteiger partial charge in [-0.25, -0.2) is 18.4 Å². The molecule has 2 atom stereocenters. The summed E-state index contributed by atoms with van der Waals surface area (Å²) in [6, 6.07) is 3.83. The molecule has 0 fully saturated rings. The van der Waals surface area contributed by atoms with Crippen molar-refractivity contribution in [3.63, 3.8) is 0 Å². The van der Waals surface area contributed by atoms with E-state index < -0.39 is 11.6 Å². The molecule has 1 aliphatic rings. The molecular formula is C20H29F2IN6O. The van der Waals surface area contributed by atoms with Crippen LogP contribution in [0, 0.1) is 11.6 Å². The van der Waals surface area contributed by atoms with Gasteiger partial charge in [-0.05, 0) is 25.0 Å². The Morgan fingerprint density at radius 2 is 2.20 bits per heavy atom. The van der Waals surface area contributed by atoms with Crippen LogP contribution in [0.25, 0.3) is 0 Å². The topological polar surface area (TPSA) is 76.4 Å². The molecule has 2 heterocycles. The minimum Gasteiger partial charge on any atom is -0.377 e. The Morgan fingerprint density at radius 1 is 1.40 bits per heavy atom. The zero-order valence-corrected chi connectivity index (χ0v) is 19.8. The zero-order chi connectivity index (χ0) is 20.8. The Balaban J connectivity index is 0.00000320. The summed E-state index contributed by atoms with van der Waals surface area (Å²) in [4.78, 5) is 9.10. The molecule has 1 aromatic carbocycles. The van der Waals surface area contributed by atoms with Crippen LogP contribution in [0.2, 0.25) is 0 Å². The van der Waals surface area contributed by atoms with Gasteiger partial charge in [0.25, 0.3) is 0 Å². The maximum atomic E-state index is 14.0. The number of hydrogen-bond donors (Lipinski definition) is 2. The Kier molecular flexibility index (Phi) is 9.40. The lowest BCUT2D eigenvalue weighted by atomic mass is 10.0. The second kappa shape index (κ2) is 11.5. The van der Waals surface area contributed by atoms with Gasteiger partial charge in [0, 0.05) is 44.6 Å². The van der Waals surface area contributed by atoms with Crippen LogP contribution in [0.1, 0.15) is 43.4 Å². The molecule has 0 saturated carbocycles. The van der Waals surface area contributed by atoms with Gasteiger partial charge in [0.05, 0.1) is 6.54 Å². The van der Waals surface area contributed by atoms with Gasteiger partial charge in [-0.1, -0.05) is 13.0 Å². The highest BCUT2D eigenvalue weighted by atomic mass is 127. The number of rotatable bonds is 7. The van der Waals surface area contributed by atoms with E-state index in [9.17, 15) is 8.78 Å². The van der Waals surface area contributed by atoms with Crippen LogP contribution in [0.5, 0.6) is 0 Å². The van der Waals surface area contributed by atoms with Gasteiger partial charge in [0.1, 0.15) is 24.1 Å². The van der Waals surface area contributed by atoms with Crippen molar-refractivity contribution in [3.05, 3.63) is 47.0 Å². The number of ether oxygens (including phenoxy) is 1. The number of aromatic nitrogens is 3. The first-order valence-corrected chi connectivity index (χ1v) is 9.91. The van der Waals surface area contributed by atoms with Gasteiger partial charge in [-0.3, -0.25) is 4.99 Å². The predicted molar refractivity (Wildman–Crippen MR) is 122 cm³/mol. The zero-order valence-electron chi connectivity index (χ0n) is 17.5. The van der Waals surface area contributed by atoms with Crippen LogP contribution in [0.4, 0.5) is 8.78 Å².